The van der Waals surface area contributed by atoms with Gasteiger partial charge < -0.3 is 14.3 Å². The number of alkyl halides is 3. The summed E-state index contributed by atoms with van der Waals surface area (Å²) in [6, 6.07) is 12.7. The van der Waals surface area contributed by atoms with E-state index in [9.17, 15) is 24.0 Å². The zero-order chi connectivity index (χ0) is 31.5. The fourth-order valence-corrected chi connectivity index (χ4v) is 4.68. The summed E-state index contributed by atoms with van der Waals surface area (Å²) >= 11 is 17.0. The first kappa shape index (κ1) is 32.3. The second-order valence-electron chi connectivity index (χ2n) is 10.6. The molecule has 2 aliphatic rings. The van der Waals surface area contributed by atoms with Gasteiger partial charge in [-0.25, -0.2) is 14.4 Å². The van der Waals surface area contributed by atoms with Crippen LogP contribution in [0.25, 0.3) is 0 Å². The van der Waals surface area contributed by atoms with Gasteiger partial charge in [0, 0.05) is 6.54 Å². The van der Waals surface area contributed by atoms with Crippen molar-refractivity contribution in [2.24, 2.45) is 0 Å². The van der Waals surface area contributed by atoms with Crippen LogP contribution in [0.2, 0.25) is 0 Å². The van der Waals surface area contributed by atoms with Crippen molar-refractivity contribution in [3.63, 3.8) is 0 Å². The number of imide groups is 1. The van der Waals surface area contributed by atoms with Gasteiger partial charge in [-0.15, -0.1) is 0 Å². The largest absolute Gasteiger partial charge is 0.444 e. The summed E-state index contributed by atoms with van der Waals surface area (Å²) in [6.45, 7) is 4.51. The van der Waals surface area contributed by atoms with E-state index >= 15 is 0 Å². The zero-order valence-corrected chi connectivity index (χ0v) is 25.6. The predicted molar refractivity (Wildman–Crippen MR) is 153 cm³/mol. The molecule has 0 radical (unpaired) electrons. The molecule has 0 unspecified atom stereocenters. The van der Waals surface area contributed by atoms with Gasteiger partial charge in [-0.3, -0.25) is 19.3 Å². The highest BCUT2D eigenvalue weighted by Gasteiger charge is 2.46. The fraction of sp³-hybridized carbons (Fsp3) is 0.393. The van der Waals surface area contributed by atoms with Gasteiger partial charge in [0.2, 0.25) is 0 Å². The van der Waals surface area contributed by atoms with Crippen LogP contribution in [0, 0.1) is 0 Å². The Balaban J connectivity index is 1.56. The predicted octanol–water partition coefficient (Wildman–Crippen LogP) is 5.41. The maximum absolute atomic E-state index is 13.4. The molecule has 1 saturated heterocycles. The summed E-state index contributed by atoms with van der Waals surface area (Å²) in [5, 5.41) is 1.19. The van der Waals surface area contributed by atoms with Crippen molar-refractivity contribution in [1.82, 2.24) is 15.0 Å². The molecule has 2 heterocycles. The number of likely N-dealkylation sites (tertiary alicyclic amines) is 1. The van der Waals surface area contributed by atoms with Crippen LogP contribution in [0.1, 0.15) is 59.9 Å². The van der Waals surface area contributed by atoms with Crippen LogP contribution in [-0.4, -0.2) is 73.2 Å². The van der Waals surface area contributed by atoms with E-state index in [1.165, 1.54) is 12.1 Å². The van der Waals surface area contributed by atoms with Gasteiger partial charge in [0.05, 0.1) is 17.2 Å². The average Bonchev–Trinajstić information content (AvgIpc) is 3.16. The number of fused-ring (bicyclic) bond motifs is 1. The third kappa shape index (κ3) is 8.08. The van der Waals surface area contributed by atoms with Crippen LogP contribution in [0.4, 0.5) is 9.59 Å². The molecule has 2 atom stereocenters. The van der Waals surface area contributed by atoms with Crippen molar-refractivity contribution in [1.29, 1.82) is 0 Å². The maximum atomic E-state index is 13.4. The number of halogens is 3. The highest BCUT2D eigenvalue weighted by Crippen LogP contribution is 2.32. The van der Waals surface area contributed by atoms with Crippen LogP contribution in [0.15, 0.2) is 54.6 Å². The lowest BCUT2D eigenvalue weighted by Gasteiger charge is -2.41. The Labute approximate surface area is 262 Å². The molecule has 15 heteroatoms. The summed E-state index contributed by atoms with van der Waals surface area (Å²) in [4.78, 5) is 77.3. The number of hydrogen-bond acceptors (Lipinski definition) is 9. The Kier molecular flexibility index (Phi) is 9.75. The summed E-state index contributed by atoms with van der Waals surface area (Å²) in [6.07, 6.45) is -2.08. The number of hydroxylamine groups is 4. The van der Waals surface area contributed by atoms with Crippen molar-refractivity contribution in [3.05, 3.63) is 71.3 Å². The quantitative estimate of drug-likeness (QED) is 0.228. The van der Waals surface area contributed by atoms with Crippen molar-refractivity contribution < 1.29 is 43.1 Å². The molecular formula is C28H28Cl3N3O9. The maximum Gasteiger partial charge on any atom is 0.437 e. The average molecular weight is 657 g/mol. The molecule has 0 N–H and O–H groups in total. The van der Waals surface area contributed by atoms with Gasteiger partial charge in [-0.2, -0.15) is 5.06 Å². The van der Waals surface area contributed by atoms with E-state index in [4.69, 9.17) is 54.0 Å². The summed E-state index contributed by atoms with van der Waals surface area (Å²) in [5.74, 6) is -2.69. The Morgan fingerprint density at radius 3 is 2.02 bits per heavy atom. The summed E-state index contributed by atoms with van der Waals surface area (Å²) in [5.41, 5.74) is -0.103. The van der Waals surface area contributed by atoms with Crippen molar-refractivity contribution in [2.45, 2.75) is 61.9 Å². The topological polar surface area (TPSA) is 132 Å². The minimum atomic E-state index is -2.41. The van der Waals surface area contributed by atoms with Crippen LogP contribution < -0.4 is 0 Å². The SMILES string of the molecule is CC(C)(C)OC(=O)N1C[C@H](N(OCc2ccccc2)C(=O)OC(Cl)(Cl)Cl)CC[C@H]1C(=O)ON1C(=O)c2ccccc2C1=O. The first-order valence-corrected chi connectivity index (χ1v) is 14.2. The molecule has 2 aliphatic heterocycles. The van der Waals surface area contributed by atoms with Gasteiger partial charge >= 0.3 is 22.1 Å². The van der Waals surface area contributed by atoms with Crippen molar-refractivity contribution in [3.8, 4) is 0 Å². The van der Waals surface area contributed by atoms with E-state index in [0.29, 0.717) is 10.6 Å². The Hall–Kier alpha value is -3.58. The summed E-state index contributed by atoms with van der Waals surface area (Å²) in [7, 11) is 0. The zero-order valence-electron chi connectivity index (χ0n) is 23.3. The van der Waals surface area contributed by atoms with Crippen LogP contribution in [0.5, 0.6) is 0 Å². The van der Waals surface area contributed by atoms with E-state index in [2.05, 4.69) is 0 Å². The van der Waals surface area contributed by atoms with E-state index in [1.54, 1.807) is 63.2 Å². The first-order chi connectivity index (χ1) is 20.1. The van der Waals surface area contributed by atoms with Gasteiger partial charge in [-0.1, -0.05) is 47.5 Å². The van der Waals surface area contributed by atoms with Crippen molar-refractivity contribution >= 4 is 64.8 Å². The first-order valence-electron chi connectivity index (χ1n) is 13.1. The molecule has 0 aliphatic carbocycles. The highest BCUT2D eigenvalue weighted by molar-refractivity contribution is 6.66. The Morgan fingerprint density at radius 1 is 0.884 bits per heavy atom. The molecular weight excluding hydrogens is 629 g/mol. The van der Waals surface area contributed by atoms with E-state index in [0.717, 1.165) is 9.96 Å². The third-order valence-electron chi connectivity index (χ3n) is 6.32. The number of amides is 4. The van der Waals surface area contributed by atoms with Gasteiger partial charge in [0.1, 0.15) is 18.2 Å². The summed E-state index contributed by atoms with van der Waals surface area (Å²) < 4.78 is 7.98. The molecule has 2 aromatic carbocycles. The second kappa shape index (κ2) is 13.0. The molecule has 2 aromatic rings. The lowest BCUT2D eigenvalue weighted by molar-refractivity contribution is -0.191. The number of hydrogen-bond donors (Lipinski definition) is 0. The lowest BCUT2D eigenvalue weighted by Crippen LogP contribution is -2.59. The van der Waals surface area contributed by atoms with E-state index < -0.39 is 51.6 Å². The van der Waals surface area contributed by atoms with Crippen molar-refractivity contribution in [2.75, 3.05) is 6.54 Å². The minimum Gasteiger partial charge on any atom is -0.444 e. The number of carbonyl (C=O) groups is 5. The van der Waals surface area contributed by atoms with E-state index in [-0.39, 0.29) is 37.1 Å². The number of nitrogens with zero attached hydrogens (tertiary/aromatic N) is 3. The molecule has 0 saturated carbocycles. The number of ether oxygens (including phenoxy) is 2. The standard InChI is InChI=1S/C28H28Cl3N3O9/c1-27(2,3)41-25(38)32-15-18(33(26(39)42-28(29,30)31)40-16-17-9-5-4-6-10-17)13-14-21(32)24(37)43-34-22(35)19-11-7-8-12-20(19)23(34)36/h4-12,18,21H,13-16H2,1-3H3/t18-,21+/m1/s1. The number of carbonyl (C=O) groups excluding carboxylic acids is 5. The van der Waals surface area contributed by atoms with Crippen LogP contribution in [-0.2, 0) is 30.6 Å². The molecule has 0 aromatic heterocycles. The van der Waals surface area contributed by atoms with Gasteiger partial charge in [0.15, 0.2) is 0 Å². The molecule has 0 bridgehead atoms. The molecule has 4 rings (SSSR count). The molecule has 230 valence electrons. The smallest absolute Gasteiger partial charge is 0.437 e. The normalized spacial score (nSPS) is 18.7. The highest BCUT2D eigenvalue weighted by atomic mass is 35.6. The Morgan fingerprint density at radius 2 is 1.47 bits per heavy atom. The molecule has 12 nitrogen and oxygen atoms in total. The molecule has 0 spiro atoms. The number of rotatable bonds is 6. The third-order valence-corrected chi connectivity index (χ3v) is 6.55. The molecule has 43 heavy (non-hydrogen) atoms. The molecule has 1 fully saturated rings. The number of benzene rings is 2. The van der Waals surface area contributed by atoms with Gasteiger partial charge in [0.25, 0.3) is 11.8 Å². The fourth-order valence-electron chi connectivity index (χ4n) is 4.48. The van der Waals surface area contributed by atoms with Crippen LogP contribution >= 0.6 is 34.8 Å². The Bertz CT molecular complexity index is 1360. The minimum absolute atomic E-state index is 0.0743. The van der Waals surface area contributed by atoms with Crippen LogP contribution in [0.3, 0.4) is 0 Å². The second-order valence-corrected chi connectivity index (χ2v) is 12.8. The van der Waals surface area contributed by atoms with Gasteiger partial charge in [-0.05, 0) is 86.1 Å². The number of piperidine rings is 1. The lowest BCUT2D eigenvalue weighted by atomic mass is 9.98. The molecule has 4 amide bonds. The monoisotopic (exact) mass is 655 g/mol. The van der Waals surface area contributed by atoms with E-state index in [1.807, 2.05) is 0 Å².